The first kappa shape index (κ1) is 37.9. The fraction of sp³-hybridized carbons (Fsp3) is 0.870. The summed E-state index contributed by atoms with van der Waals surface area (Å²) in [6, 6.07) is 0. The van der Waals surface area contributed by atoms with Crippen molar-refractivity contribution in [2.24, 2.45) is 11.8 Å². The van der Waals surface area contributed by atoms with Crippen LogP contribution in [-0.2, 0) is 34.0 Å². The Hall–Kier alpha value is -0.680. The molecule has 3 unspecified atom stereocenters. The van der Waals surface area contributed by atoms with Crippen LogP contribution in [0.15, 0.2) is 0 Å². The molecule has 34 heavy (non-hydrogen) atoms. The van der Waals surface area contributed by atoms with E-state index >= 15 is 0 Å². The van der Waals surface area contributed by atoms with E-state index in [1.165, 1.54) is 0 Å². The van der Waals surface area contributed by atoms with Gasteiger partial charge in [-0.05, 0) is 24.7 Å². The summed E-state index contributed by atoms with van der Waals surface area (Å²) in [5, 5.41) is 5.78. The van der Waals surface area contributed by atoms with Gasteiger partial charge in [-0.15, -0.1) is 0 Å². The second-order valence-corrected chi connectivity index (χ2v) is 9.70. The second-order valence-electron chi connectivity index (χ2n) is 8.10. The predicted molar refractivity (Wildman–Crippen MR) is 128 cm³/mol. The minimum absolute atomic E-state index is 0. The summed E-state index contributed by atoms with van der Waals surface area (Å²) in [5.74, 6) is -2.35. The average Bonchev–Trinajstić information content (AvgIpc) is 2.77. The van der Waals surface area contributed by atoms with Crippen molar-refractivity contribution in [2.45, 2.75) is 104 Å². The van der Waals surface area contributed by atoms with E-state index in [1.54, 1.807) is 6.92 Å². The smallest absolute Gasteiger partial charge is 1.00 e. The van der Waals surface area contributed by atoms with Crippen molar-refractivity contribution in [3.05, 3.63) is 0 Å². The molecular weight excluding hydrogens is 475 g/mol. The summed E-state index contributed by atoms with van der Waals surface area (Å²) in [7, 11) is -4.76. The molecule has 0 radical (unpaired) electrons. The summed E-state index contributed by atoms with van der Waals surface area (Å²) < 4.78 is 42.8. The van der Waals surface area contributed by atoms with Crippen molar-refractivity contribution in [1.82, 2.24) is 0 Å². The Morgan fingerprint density at radius 1 is 0.853 bits per heavy atom. The van der Waals surface area contributed by atoms with E-state index in [0.29, 0.717) is 0 Å². The van der Waals surface area contributed by atoms with Crippen molar-refractivity contribution in [3.63, 3.8) is 0 Å². The molecule has 0 aliphatic heterocycles. The SMILES string of the molecule is CCC(=O)O.CCCCC(CC)COC(=O)CC(C(=O)OCC(CC)CCCC)S(=O)(=O)O.[H-].[Na+]. The van der Waals surface area contributed by atoms with Crippen LogP contribution in [0.4, 0.5) is 0 Å². The van der Waals surface area contributed by atoms with Gasteiger partial charge in [0.15, 0.2) is 5.25 Å². The molecule has 0 aliphatic rings. The standard InChI is InChI=1S/C20H38O7S.C3H6O2.Na.H/c1-5-9-11-16(7-3)14-26-19(21)13-18(28(23,24)25)20(22)27-15-17(8-4)12-10-6-2;1-2-3(4)5;;/h16-18H,5-15H2,1-4H3,(H,23,24,25);2H2,1H3,(H,4,5);;/q;;+1;-1. The fourth-order valence-electron chi connectivity index (χ4n) is 2.82. The molecule has 0 spiro atoms. The van der Waals surface area contributed by atoms with Gasteiger partial charge < -0.3 is 16.0 Å². The number of unbranched alkanes of at least 4 members (excludes halogenated alkanes) is 2. The van der Waals surface area contributed by atoms with E-state index in [2.05, 4.69) is 13.8 Å². The molecule has 0 aromatic rings. The minimum Gasteiger partial charge on any atom is -1.00 e. The second kappa shape index (κ2) is 22.8. The number of carbonyl (C=O) groups is 3. The largest absolute Gasteiger partial charge is 1.00 e. The zero-order valence-corrected chi connectivity index (χ0v) is 24.7. The first-order chi connectivity index (χ1) is 15.5. The number of aliphatic carboxylic acids is 1. The number of rotatable bonds is 17. The van der Waals surface area contributed by atoms with Gasteiger partial charge in [0, 0.05) is 6.42 Å². The molecule has 0 heterocycles. The molecule has 11 heteroatoms. The third kappa shape index (κ3) is 20.7. The van der Waals surface area contributed by atoms with E-state index in [-0.39, 0.29) is 62.5 Å². The van der Waals surface area contributed by atoms with E-state index < -0.39 is 39.7 Å². The number of carbonyl (C=O) groups excluding carboxylic acids is 2. The van der Waals surface area contributed by atoms with Gasteiger partial charge >= 0.3 is 47.5 Å². The molecule has 0 saturated heterocycles. The van der Waals surface area contributed by atoms with Crippen LogP contribution in [0.3, 0.4) is 0 Å². The fourth-order valence-corrected chi connectivity index (χ4v) is 3.48. The summed E-state index contributed by atoms with van der Waals surface area (Å²) in [5.41, 5.74) is 0. The van der Waals surface area contributed by atoms with Crippen molar-refractivity contribution in [1.29, 1.82) is 0 Å². The van der Waals surface area contributed by atoms with Crippen LogP contribution in [0.25, 0.3) is 0 Å². The maximum absolute atomic E-state index is 12.2. The molecule has 198 valence electrons. The van der Waals surface area contributed by atoms with Crippen molar-refractivity contribution < 1.29 is 72.9 Å². The Kier molecular flexibility index (Phi) is 25.3. The van der Waals surface area contributed by atoms with Gasteiger partial charge in [0.2, 0.25) is 0 Å². The maximum Gasteiger partial charge on any atom is 1.00 e. The average molecular weight is 521 g/mol. The van der Waals surface area contributed by atoms with Crippen LogP contribution in [0, 0.1) is 11.8 Å². The zero-order chi connectivity index (χ0) is 25.9. The summed E-state index contributed by atoms with van der Waals surface area (Å²) >= 11 is 0. The van der Waals surface area contributed by atoms with Gasteiger partial charge in [-0.1, -0.05) is 73.1 Å². The van der Waals surface area contributed by atoms with Gasteiger partial charge in [0.25, 0.3) is 10.1 Å². The first-order valence-electron chi connectivity index (χ1n) is 12.0. The Bertz CT molecular complexity index is 659. The van der Waals surface area contributed by atoms with Gasteiger partial charge in [-0.2, -0.15) is 8.42 Å². The molecule has 0 aliphatic carbocycles. The third-order valence-electron chi connectivity index (χ3n) is 5.30. The van der Waals surface area contributed by atoms with Gasteiger partial charge in [0.1, 0.15) is 0 Å². The Morgan fingerprint density at radius 2 is 1.26 bits per heavy atom. The number of ether oxygens (including phenoxy) is 2. The van der Waals surface area contributed by atoms with Crippen molar-refractivity contribution in [2.75, 3.05) is 13.2 Å². The Labute approximate surface area is 229 Å². The van der Waals surface area contributed by atoms with Gasteiger partial charge in [0.05, 0.1) is 19.6 Å². The first-order valence-corrected chi connectivity index (χ1v) is 13.5. The molecule has 9 nitrogen and oxygen atoms in total. The minimum atomic E-state index is -4.76. The molecule has 0 amide bonds. The number of esters is 2. The van der Waals surface area contributed by atoms with E-state index in [4.69, 9.17) is 14.6 Å². The van der Waals surface area contributed by atoms with E-state index in [1.807, 2.05) is 13.8 Å². The zero-order valence-electron chi connectivity index (χ0n) is 22.9. The summed E-state index contributed by atoms with van der Waals surface area (Å²) in [4.78, 5) is 33.6. The van der Waals surface area contributed by atoms with Crippen LogP contribution in [0.2, 0.25) is 0 Å². The van der Waals surface area contributed by atoms with Crippen LogP contribution in [-0.4, -0.2) is 54.4 Å². The van der Waals surface area contributed by atoms with Crippen LogP contribution < -0.4 is 29.6 Å². The Balaban J connectivity index is -0.000000619. The quantitative estimate of drug-likeness (QED) is 0.166. The summed E-state index contributed by atoms with van der Waals surface area (Å²) in [6.07, 6.45) is 6.96. The predicted octanol–water partition coefficient (Wildman–Crippen LogP) is 1.75. The van der Waals surface area contributed by atoms with Gasteiger partial charge in [-0.3, -0.25) is 18.9 Å². The monoisotopic (exact) mass is 520 g/mol. The molecule has 3 atom stereocenters. The van der Waals surface area contributed by atoms with E-state index in [0.717, 1.165) is 51.4 Å². The number of hydrogen-bond acceptors (Lipinski definition) is 7. The molecule has 0 aromatic heterocycles. The third-order valence-corrected chi connectivity index (χ3v) is 6.38. The summed E-state index contributed by atoms with van der Waals surface area (Å²) in [6.45, 7) is 9.95. The number of carboxylic acids is 1. The van der Waals surface area contributed by atoms with Gasteiger partial charge in [-0.25, -0.2) is 0 Å². The molecule has 0 rings (SSSR count). The topological polar surface area (TPSA) is 144 Å². The molecule has 0 fully saturated rings. The van der Waals surface area contributed by atoms with Crippen molar-refractivity contribution >= 4 is 28.0 Å². The van der Waals surface area contributed by atoms with Crippen LogP contribution >= 0.6 is 0 Å². The van der Waals surface area contributed by atoms with E-state index in [9.17, 15) is 27.4 Å². The normalized spacial score (nSPS) is 13.4. The molecule has 2 N–H and O–H groups in total. The maximum atomic E-state index is 12.2. The molecular formula is C23H45NaO9S. The number of hydrogen-bond donors (Lipinski definition) is 2. The van der Waals surface area contributed by atoms with Crippen molar-refractivity contribution in [3.8, 4) is 0 Å². The van der Waals surface area contributed by atoms with Crippen LogP contribution in [0.1, 0.15) is 100 Å². The molecule has 0 bridgehead atoms. The number of carboxylic acid groups (broad SMARTS) is 1. The van der Waals surface area contributed by atoms with Crippen LogP contribution in [0.5, 0.6) is 0 Å². The molecule has 0 aromatic carbocycles. The molecule has 0 saturated carbocycles. The Morgan fingerprint density at radius 3 is 1.59 bits per heavy atom.